The van der Waals surface area contributed by atoms with Gasteiger partial charge >= 0.3 is 0 Å². The highest BCUT2D eigenvalue weighted by Crippen LogP contribution is 2.34. The molecule has 0 aromatic heterocycles. The number of hydrogen-bond acceptors (Lipinski definition) is 3. The van der Waals surface area contributed by atoms with Crippen molar-refractivity contribution in [1.82, 2.24) is 0 Å². The second-order valence-corrected chi connectivity index (χ2v) is 5.30. The van der Waals surface area contributed by atoms with Crippen molar-refractivity contribution >= 4 is 0 Å². The summed E-state index contributed by atoms with van der Waals surface area (Å²) in [6, 6.07) is 4.17. The molecule has 0 amide bonds. The molecule has 108 valence electrons. The number of ether oxygens (including phenoxy) is 1. The maximum absolute atomic E-state index is 9.34. The highest BCUT2D eigenvalue weighted by Gasteiger charge is 2.19. The van der Waals surface area contributed by atoms with Crippen molar-refractivity contribution in [3.63, 3.8) is 0 Å². The Bertz CT molecular complexity index is 377. The molecule has 0 heterocycles. The van der Waals surface area contributed by atoms with Gasteiger partial charge in [0.05, 0.1) is 7.11 Å². The maximum atomic E-state index is 9.34. The van der Waals surface area contributed by atoms with E-state index in [4.69, 9.17) is 10.5 Å². The molecule has 0 saturated heterocycles. The van der Waals surface area contributed by atoms with Crippen LogP contribution >= 0.6 is 0 Å². The number of benzene rings is 1. The van der Waals surface area contributed by atoms with Gasteiger partial charge in [-0.25, -0.2) is 0 Å². The zero-order valence-electron chi connectivity index (χ0n) is 12.6. The van der Waals surface area contributed by atoms with Crippen molar-refractivity contribution in [1.29, 1.82) is 0 Å². The van der Waals surface area contributed by atoms with Crippen molar-refractivity contribution in [2.75, 3.05) is 20.3 Å². The van der Waals surface area contributed by atoms with Gasteiger partial charge in [0.25, 0.3) is 0 Å². The molecule has 0 fully saturated rings. The summed E-state index contributed by atoms with van der Waals surface area (Å²) in [5.41, 5.74) is 9.61. The molecule has 3 N–H and O–H groups in total. The van der Waals surface area contributed by atoms with Gasteiger partial charge < -0.3 is 15.6 Å². The summed E-state index contributed by atoms with van der Waals surface area (Å²) in [7, 11) is 1.70. The largest absolute Gasteiger partial charge is 0.497 e. The van der Waals surface area contributed by atoms with Crippen molar-refractivity contribution in [2.45, 2.75) is 39.5 Å². The van der Waals surface area contributed by atoms with Crippen LogP contribution in [0.25, 0.3) is 0 Å². The summed E-state index contributed by atoms with van der Waals surface area (Å²) in [6.45, 7) is 7.16. The first-order valence-corrected chi connectivity index (χ1v) is 7.03. The zero-order chi connectivity index (χ0) is 14.4. The van der Waals surface area contributed by atoms with Crippen LogP contribution in [0.3, 0.4) is 0 Å². The van der Waals surface area contributed by atoms with E-state index < -0.39 is 0 Å². The SMILES string of the molecule is CCC(CC(CN)CO)c1c(C)cc(OC)cc1C. The van der Waals surface area contributed by atoms with Crippen molar-refractivity contribution in [2.24, 2.45) is 11.7 Å². The Morgan fingerprint density at radius 2 is 1.84 bits per heavy atom. The van der Waals surface area contributed by atoms with E-state index in [1.54, 1.807) is 7.11 Å². The molecule has 2 unspecified atom stereocenters. The fraction of sp³-hybridized carbons (Fsp3) is 0.625. The smallest absolute Gasteiger partial charge is 0.119 e. The van der Waals surface area contributed by atoms with Crippen LogP contribution in [0, 0.1) is 19.8 Å². The average molecular weight is 265 g/mol. The van der Waals surface area contributed by atoms with E-state index in [2.05, 4.69) is 32.9 Å². The van der Waals surface area contributed by atoms with Crippen LogP contribution in [-0.4, -0.2) is 25.4 Å². The number of aliphatic hydroxyl groups is 1. The van der Waals surface area contributed by atoms with E-state index in [0.29, 0.717) is 12.5 Å². The van der Waals surface area contributed by atoms with Gasteiger partial charge in [-0.3, -0.25) is 0 Å². The third-order valence-corrected chi connectivity index (χ3v) is 3.91. The Morgan fingerprint density at radius 3 is 2.21 bits per heavy atom. The number of methoxy groups -OCH3 is 1. The maximum Gasteiger partial charge on any atom is 0.119 e. The summed E-state index contributed by atoms with van der Waals surface area (Å²) in [5, 5.41) is 9.34. The first-order chi connectivity index (χ1) is 9.07. The second kappa shape index (κ2) is 7.51. The van der Waals surface area contributed by atoms with Crippen LogP contribution in [0.4, 0.5) is 0 Å². The molecule has 0 spiro atoms. The molecule has 0 aliphatic carbocycles. The fourth-order valence-corrected chi connectivity index (χ4v) is 2.83. The predicted octanol–water partition coefficient (Wildman–Crippen LogP) is 2.76. The standard InChI is InChI=1S/C16H27NO2/c1-5-14(8-13(9-17)10-18)16-11(2)6-15(19-4)7-12(16)3/h6-7,13-14,18H,5,8-10,17H2,1-4H3. The van der Waals surface area contributed by atoms with Gasteiger partial charge in [0.1, 0.15) is 5.75 Å². The van der Waals surface area contributed by atoms with Crippen molar-refractivity contribution < 1.29 is 9.84 Å². The molecule has 1 aromatic rings. The molecule has 0 saturated carbocycles. The van der Waals surface area contributed by atoms with Crippen LogP contribution < -0.4 is 10.5 Å². The van der Waals surface area contributed by atoms with E-state index in [1.165, 1.54) is 16.7 Å². The lowest BCUT2D eigenvalue weighted by Crippen LogP contribution is -2.21. The minimum absolute atomic E-state index is 0.168. The van der Waals surface area contributed by atoms with Gasteiger partial charge in [-0.15, -0.1) is 0 Å². The van der Waals surface area contributed by atoms with Crippen LogP contribution in [0.1, 0.15) is 42.4 Å². The van der Waals surface area contributed by atoms with Gasteiger partial charge in [-0.05, 0) is 73.9 Å². The van der Waals surface area contributed by atoms with E-state index in [9.17, 15) is 5.11 Å². The number of hydrogen-bond donors (Lipinski definition) is 2. The Hall–Kier alpha value is -1.06. The molecule has 0 aliphatic heterocycles. The number of aliphatic hydroxyl groups excluding tert-OH is 1. The summed E-state index contributed by atoms with van der Waals surface area (Å²) in [6.07, 6.45) is 2.00. The van der Waals surface area contributed by atoms with Gasteiger partial charge in [-0.1, -0.05) is 6.92 Å². The van der Waals surface area contributed by atoms with Crippen LogP contribution in [-0.2, 0) is 0 Å². The lowest BCUT2D eigenvalue weighted by Gasteiger charge is -2.24. The molecule has 0 bridgehead atoms. The third kappa shape index (κ3) is 3.95. The molecule has 3 heteroatoms. The van der Waals surface area contributed by atoms with Crippen LogP contribution in [0.2, 0.25) is 0 Å². The quantitative estimate of drug-likeness (QED) is 0.797. The van der Waals surface area contributed by atoms with Crippen LogP contribution in [0.5, 0.6) is 5.75 Å². The Labute approximate surface area is 116 Å². The number of aryl methyl sites for hydroxylation is 2. The van der Waals surface area contributed by atoms with Crippen molar-refractivity contribution in [3.05, 3.63) is 28.8 Å². The average Bonchev–Trinajstić information content (AvgIpc) is 2.41. The van der Waals surface area contributed by atoms with Gasteiger partial charge in [-0.2, -0.15) is 0 Å². The molecular formula is C16H27NO2. The third-order valence-electron chi connectivity index (χ3n) is 3.91. The summed E-state index contributed by atoms with van der Waals surface area (Å²) >= 11 is 0. The molecule has 2 atom stereocenters. The minimum Gasteiger partial charge on any atom is -0.497 e. The monoisotopic (exact) mass is 265 g/mol. The van der Waals surface area contributed by atoms with E-state index in [0.717, 1.165) is 18.6 Å². The molecule has 0 radical (unpaired) electrons. The summed E-state index contributed by atoms with van der Waals surface area (Å²) < 4.78 is 5.31. The molecule has 1 aromatic carbocycles. The normalized spacial score (nSPS) is 14.2. The predicted molar refractivity (Wildman–Crippen MR) is 79.7 cm³/mol. The van der Waals surface area contributed by atoms with E-state index >= 15 is 0 Å². The molecule has 1 rings (SSSR count). The lowest BCUT2D eigenvalue weighted by molar-refractivity contribution is 0.214. The van der Waals surface area contributed by atoms with Gasteiger partial charge in [0.15, 0.2) is 0 Å². The van der Waals surface area contributed by atoms with E-state index in [1.807, 2.05) is 0 Å². The van der Waals surface area contributed by atoms with Gasteiger partial charge in [0, 0.05) is 6.61 Å². The number of rotatable bonds is 7. The molecule has 0 aliphatic rings. The Morgan fingerprint density at radius 1 is 1.26 bits per heavy atom. The zero-order valence-corrected chi connectivity index (χ0v) is 12.6. The molecule has 3 nitrogen and oxygen atoms in total. The fourth-order valence-electron chi connectivity index (χ4n) is 2.83. The van der Waals surface area contributed by atoms with Crippen LogP contribution in [0.15, 0.2) is 12.1 Å². The lowest BCUT2D eigenvalue weighted by atomic mass is 9.82. The minimum atomic E-state index is 0.168. The van der Waals surface area contributed by atoms with Gasteiger partial charge in [0.2, 0.25) is 0 Å². The van der Waals surface area contributed by atoms with E-state index in [-0.39, 0.29) is 12.5 Å². The Balaban J connectivity index is 3.04. The highest BCUT2D eigenvalue weighted by atomic mass is 16.5. The summed E-state index contributed by atoms with van der Waals surface area (Å²) in [5.74, 6) is 1.54. The summed E-state index contributed by atoms with van der Waals surface area (Å²) in [4.78, 5) is 0. The number of nitrogens with two attached hydrogens (primary N) is 1. The molecular weight excluding hydrogens is 238 g/mol. The molecule has 19 heavy (non-hydrogen) atoms. The van der Waals surface area contributed by atoms with Crippen molar-refractivity contribution in [3.8, 4) is 5.75 Å². The second-order valence-electron chi connectivity index (χ2n) is 5.30. The highest BCUT2D eigenvalue weighted by molar-refractivity contribution is 5.43. The first kappa shape index (κ1) is 16.0. The topological polar surface area (TPSA) is 55.5 Å². The first-order valence-electron chi connectivity index (χ1n) is 7.03. The Kier molecular flexibility index (Phi) is 6.32.